The van der Waals surface area contributed by atoms with Crippen molar-refractivity contribution < 1.29 is 9.50 Å². The highest BCUT2D eigenvalue weighted by molar-refractivity contribution is 5.16. The molecule has 0 unspecified atom stereocenters. The van der Waals surface area contributed by atoms with Crippen molar-refractivity contribution in [3.8, 4) is 0 Å². The van der Waals surface area contributed by atoms with Gasteiger partial charge < -0.3 is 9.67 Å². The molecule has 1 heterocycles. The Balaban J connectivity index is 1.68. The van der Waals surface area contributed by atoms with Gasteiger partial charge in [-0.15, -0.1) is 0 Å². The SMILES string of the molecule is OCCN(Cc1ccc(F)cc1)Cc1cccn1C1CC1. The number of hydrogen-bond acceptors (Lipinski definition) is 2. The van der Waals surface area contributed by atoms with Crippen LogP contribution in [-0.2, 0) is 13.1 Å². The molecule has 0 radical (unpaired) electrons. The lowest BCUT2D eigenvalue weighted by Crippen LogP contribution is -2.27. The van der Waals surface area contributed by atoms with Crippen molar-refractivity contribution in [3.05, 3.63) is 59.7 Å². The summed E-state index contributed by atoms with van der Waals surface area (Å²) in [6, 6.07) is 11.5. The minimum atomic E-state index is -0.213. The van der Waals surface area contributed by atoms with E-state index in [9.17, 15) is 9.50 Å². The molecule has 2 aromatic rings. The van der Waals surface area contributed by atoms with E-state index in [1.165, 1.54) is 30.7 Å². The van der Waals surface area contributed by atoms with E-state index in [1.54, 1.807) is 12.1 Å². The first kappa shape index (κ1) is 14.3. The van der Waals surface area contributed by atoms with Gasteiger partial charge in [-0.1, -0.05) is 12.1 Å². The first-order valence-electron chi connectivity index (χ1n) is 7.49. The van der Waals surface area contributed by atoms with Gasteiger partial charge in [0.25, 0.3) is 0 Å². The minimum Gasteiger partial charge on any atom is -0.395 e. The molecule has 1 aliphatic rings. The average molecular weight is 288 g/mol. The number of hydrogen-bond donors (Lipinski definition) is 1. The second kappa shape index (κ2) is 6.41. The standard InChI is InChI=1S/C17H21FN2O/c18-15-5-3-14(4-6-15)12-19(10-11-21)13-17-2-1-9-20(17)16-7-8-16/h1-6,9,16,21H,7-8,10-13H2. The van der Waals surface area contributed by atoms with E-state index in [4.69, 9.17) is 0 Å². The molecule has 112 valence electrons. The predicted molar refractivity (Wildman–Crippen MR) is 80.3 cm³/mol. The third-order valence-corrected chi connectivity index (χ3v) is 3.93. The molecular weight excluding hydrogens is 267 g/mol. The third kappa shape index (κ3) is 3.71. The summed E-state index contributed by atoms with van der Waals surface area (Å²) >= 11 is 0. The van der Waals surface area contributed by atoms with Crippen LogP contribution in [0.1, 0.15) is 30.1 Å². The van der Waals surface area contributed by atoms with Crippen LogP contribution >= 0.6 is 0 Å². The zero-order valence-corrected chi connectivity index (χ0v) is 12.1. The lowest BCUT2D eigenvalue weighted by atomic mass is 10.2. The molecule has 1 aromatic carbocycles. The minimum absolute atomic E-state index is 0.130. The summed E-state index contributed by atoms with van der Waals surface area (Å²) in [6.45, 7) is 2.27. The number of rotatable bonds is 7. The fraction of sp³-hybridized carbons (Fsp3) is 0.412. The first-order valence-corrected chi connectivity index (χ1v) is 7.49. The van der Waals surface area contributed by atoms with Crippen LogP contribution in [-0.4, -0.2) is 27.7 Å². The van der Waals surface area contributed by atoms with Gasteiger partial charge in [-0.05, 0) is 42.7 Å². The van der Waals surface area contributed by atoms with E-state index in [2.05, 4.69) is 27.8 Å². The van der Waals surface area contributed by atoms with E-state index in [1.807, 2.05) is 0 Å². The van der Waals surface area contributed by atoms with Crippen LogP contribution in [0.2, 0.25) is 0 Å². The molecule has 3 rings (SSSR count). The van der Waals surface area contributed by atoms with Gasteiger partial charge in [0.2, 0.25) is 0 Å². The highest BCUT2D eigenvalue weighted by Gasteiger charge is 2.25. The smallest absolute Gasteiger partial charge is 0.123 e. The number of aromatic nitrogens is 1. The molecule has 0 amide bonds. The first-order chi connectivity index (χ1) is 10.3. The maximum atomic E-state index is 13.0. The molecule has 0 bridgehead atoms. The normalized spacial score (nSPS) is 14.8. The molecule has 1 aliphatic carbocycles. The maximum absolute atomic E-state index is 13.0. The Morgan fingerprint density at radius 3 is 2.57 bits per heavy atom. The summed E-state index contributed by atoms with van der Waals surface area (Å²) in [5, 5.41) is 9.27. The van der Waals surface area contributed by atoms with E-state index in [0.717, 1.165) is 18.7 Å². The Labute approximate surface area is 124 Å². The Hall–Kier alpha value is -1.65. The molecule has 3 nitrogen and oxygen atoms in total. The Morgan fingerprint density at radius 1 is 1.14 bits per heavy atom. The van der Waals surface area contributed by atoms with Gasteiger partial charge in [0.1, 0.15) is 5.82 Å². The quantitative estimate of drug-likeness (QED) is 0.848. The Morgan fingerprint density at radius 2 is 1.90 bits per heavy atom. The highest BCUT2D eigenvalue weighted by atomic mass is 19.1. The molecule has 0 saturated heterocycles. The van der Waals surface area contributed by atoms with E-state index in [0.29, 0.717) is 12.6 Å². The van der Waals surface area contributed by atoms with Gasteiger partial charge in [-0.2, -0.15) is 0 Å². The predicted octanol–water partition coefficient (Wildman–Crippen LogP) is 2.96. The summed E-state index contributed by atoms with van der Waals surface area (Å²) < 4.78 is 15.3. The molecule has 1 fully saturated rings. The summed E-state index contributed by atoms with van der Waals surface area (Å²) in [5.74, 6) is -0.213. The van der Waals surface area contributed by atoms with Crippen LogP contribution in [0.25, 0.3) is 0 Å². The molecule has 0 spiro atoms. The average Bonchev–Trinajstić information content (AvgIpc) is 3.22. The molecule has 1 aromatic heterocycles. The van der Waals surface area contributed by atoms with Crippen molar-refractivity contribution >= 4 is 0 Å². The second-order valence-electron chi connectivity index (χ2n) is 5.70. The molecule has 4 heteroatoms. The van der Waals surface area contributed by atoms with Crippen molar-refractivity contribution in [2.24, 2.45) is 0 Å². The maximum Gasteiger partial charge on any atom is 0.123 e. The fourth-order valence-corrected chi connectivity index (χ4v) is 2.70. The van der Waals surface area contributed by atoms with Crippen LogP contribution in [0.5, 0.6) is 0 Å². The van der Waals surface area contributed by atoms with Gasteiger partial charge in [0.05, 0.1) is 6.61 Å². The lowest BCUT2D eigenvalue weighted by Gasteiger charge is -2.22. The molecular formula is C17H21FN2O. The third-order valence-electron chi connectivity index (χ3n) is 3.93. The topological polar surface area (TPSA) is 28.4 Å². The van der Waals surface area contributed by atoms with Crippen LogP contribution in [0.4, 0.5) is 4.39 Å². The lowest BCUT2D eigenvalue weighted by molar-refractivity contribution is 0.181. The van der Waals surface area contributed by atoms with Crippen molar-refractivity contribution in [1.82, 2.24) is 9.47 Å². The van der Waals surface area contributed by atoms with Gasteiger partial charge in [-0.25, -0.2) is 4.39 Å². The largest absolute Gasteiger partial charge is 0.395 e. The van der Waals surface area contributed by atoms with Crippen LogP contribution in [0.15, 0.2) is 42.6 Å². The summed E-state index contributed by atoms with van der Waals surface area (Å²) in [5.41, 5.74) is 2.35. The monoisotopic (exact) mass is 288 g/mol. The van der Waals surface area contributed by atoms with Crippen molar-refractivity contribution in [1.29, 1.82) is 0 Å². The molecule has 1 N–H and O–H groups in total. The van der Waals surface area contributed by atoms with Crippen molar-refractivity contribution in [2.75, 3.05) is 13.2 Å². The van der Waals surface area contributed by atoms with Gasteiger partial charge >= 0.3 is 0 Å². The zero-order chi connectivity index (χ0) is 14.7. The summed E-state index contributed by atoms with van der Waals surface area (Å²) in [4.78, 5) is 2.20. The van der Waals surface area contributed by atoms with E-state index < -0.39 is 0 Å². The van der Waals surface area contributed by atoms with E-state index in [-0.39, 0.29) is 12.4 Å². The van der Waals surface area contributed by atoms with Crippen molar-refractivity contribution in [2.45, 2.75) is 32.0 Å². The number of aliphatic hydroxyl groups excluding tert-OH is 1. The molecule has 1 saturated carbocycles. The van der Waals surface area contributed by atoms with Gasteiger partial charge in [-0.3, -0.25) is 4.90 Å². The van der Waals surface area contributed by atoms with Gasteiger partial charge in [0.15, 0.2) is 0 Å². The number of benzene rings is 1. The number of halogens is 1. The van der Waals surface area contributed by atoms with Crippen LogP contribution < -0.4 is 0 Å². The zero-order valence-electron chi connectivity index (χ0n) is 12.1. The Kier molecular flexibility index (Phi) is 4.36. The Bertz CT molecular complexity index is 575. The molecule has 21 heavy (non-hydrogen) atoms. The fourth-order valence-electron chi connectivity index (χ4n) is 2.70. The van der Waals surface area contributed by atoms with Crippen molar-refractivity contribution in [3.63, 3.8) is 0 Å². The number of nitrogens with zero attached hydrogens (tertiary/aromatic N) is 2. The number of aliphatic hydroxyl groups is 1. The van der Waals surface area contributed by atoms with Crippen LogP contribution in [0, 0.1) is 5.82 Å². The molecule has 0 aliphatic heterocycles. The summed E-state index contributed by atoms with van der Waals surface area (Å²) in [7, 11) is 0. The summed E-state index contributed by atoms with van der Waals surface area (Å²) in [6.07, 6.45) is 4.67. The van der Waals surface area contributed by atoms with Crippen LogP contribution in [0.3, 0.4) is 0 Å². The molecule has 0 atom stereocenters. The van der Waals surface area contributed by atoms with E-state index >= 15 is 0 Å². The van der Waals surface area contributed by atoms with Gasteiger partial charge in [0, 0.05) is 37.6 Å². The second-order valence-corrected chi connectivity index (χ2v) is 5.70. The highest BCUT2D eigenvalue weighted by Crippen LogP contribution is 2.36.